The zero-order chi connectivity index (χ0) is 16.7. The number of benzene rings is 1. The van der Waals surface area contributed by atoms with Crippen molar-refractivity contribution in [2.45, 2.75) is 63.1 Å². The number of ether oxygens (including phenoxy) is 1. The first-order valence-corrected chi connectivity index (χ1v) is 9.31. The summed E-state index contributed by atoms with van der Waals surface area (Å²) < 4.78 is 5.93. The molecule has 4 unspecified atom stereocenters. The summed E-state index contributed by atoms with van der Waals surface area (Å²) in [5, 5.41) is 10.2. The van der Waals surface area contributed by atoms with Gasteiger partial charge in [-0.15, -0.1) is 0 Å². The molecular weight excluding hydrogens is 300 g/mol. The second-order valence-electron chi connectivity index (χ2n) is 7.72. The minimum atomic E-state index is -0.257. The molecule has 2 bridgehead atoms. The number of esters is 1. The molecule has 2 fully saturated rings. The number of rotatable bonds is 4. The summed E-state index contributed by atoms with van der Waals surface area (Å²) in [6.07, 6.45) is 10.1. The van der Waals surface area contributed by atoms with E-state index in [0.717, 1.165) is 44.1 Å². The van der Waals surface area contributed by atoms with Gasteiger partial charge in [0.25, 0.3) is 0 Å². The molecule has 1 aromatic carbocycles. The molecule has 3 aliphatic carbocycles. The first-order valence-electron chi connectivity index (χ1n) is 9.31. The van der Waals surface area contributed by atoms with Crippen molar-refractivity contribution in [2.24, 2.45) is 11.8 Å². The Morgan fingerprint density at radius 3 is 2.71 bits per heavy atom. The molecule has 4 atom stereocenters. The van der Waals surface area contributed by atoms with E-state index in [2.05, 4.69) is 25.1 Å². The number of fused-ring (bicyclic) bond motifs is 2. The molecule has 128 valence electrons. The van der Waals surface area contributed by atoms with Crippen LogP contribution in [-0.4, -0.2) is 22.8 Å². The lowest BCUT2D eigenvalue weighted by atomic mass is 9.86. The van der Waals surface area contributed by atoms with Gasteiger partial charge in [-0.2, -0.15) is 0 Å². The van der Waals surface area contributed by atoms with E-state index >= 15 is 0 Å². The summed E-state index contributed by atoms with van der Waals surface area (Å²) in [7, 11) is 0. The SMILES string of the molecule is CCC1(OC(=O)c2cccc(C3CC4C=CC3C4O)c2)CCCC1. The van der Waals surface area contributed by atoms with Crippen LogP contribution in [0.25, 0.3) is 0 Å². The molecule has 0 saturated heterocycles. The predicted molar refractivity (Wildman–Crippen MR) is 92.8 cm³/mol. The smallest absolute Gasteiger partial charge is 0.338 e. The van der Waals surface area contributed by atoms with E-state index in [0.29, 0.717) is 11.5 Å². The number of aliphatic hydroxyl groups excluding tert-OH is 1. The van der Waals surface area contributed by atoms with E-state index < -0.39 is 0 Å². The zero-order valence-electron chi connectivity index (χ0n) is 14.3. The van der Waals surface area contributed by atoms with Crippen LogP contribution in [0, 0.1) is 11.8 Å². The van der Waals surface area contributed by atoms with Crippen molar-refractivity contribution in [1.29, 1.82) is 0 Å². The third kappa shape index (κ3) is 2.59. The molecule has 1 N–H and O–H groups in total. The normalized spacial score (nSPS) is 33.1. The summed E-state index contributed by atoms with van der Waals surface area (Å²) in [5.41, 5.74) is 1.55. The van der Waals surface area contributed by atoms with Crippen LogP contribution in [0.2, 0.25) is 0 Å². The van der Waals surface area contributed by atoms with Gasteiger partial charge >= 0.3 is 5.97 Å². The van der Waals surface area contributed by atoms with Gasteiger partial charge in [0, 0.05) is 11.8 Å². The molecule has 24 heavy (non-hydrogen) atoms. The molecule has 0 aliphatic heterocycles. The van der Waals surface area contributed by atoms with Crippen molar-refractivity contribution in [2.75, 3.05) is 0 Å². The Morgan fingerprint density at radius 1 is 1.29 bits per heavy atom. The first kappa shape index (κ1) is 15.9. The van der Waals surface area contributed by atoms with Crippen LogP contribution in [0.5, 0.6) is 0 Å². The lowest BCUT2D eigenvalue weighted by molar-refractivity contribution is -0.0172. The van der Waals surface area contributed by atoms with E-state index in [-0.39, 0.29) is 29.5 Å². The summed E-state index contributed by atoms with van der Waals surface area (Å²) in [6, 6.07) is 7.85. The standard InChI is InChI=1S/C21H26O3/c1-2-21(10-3-4-11-21)24-20(23)16-7-5-6-14(12-16)18-13-15-8-9-17(18)19(15)22/h5-9,12,15,17-19,22H,2-4,10-11,13H2,1H3. The van der Waals surface area contributed by atoms with Crippen LogP contribution in [0.15, 0.2) is 36.4 Å². The van der Waals surface area contributed by atoms with Gasteiger partial charge in [-0.1, -0.05) is 31.2 Å². The maximum absolute atomic E-state index is 12.7. The van der Waals surface area contributed by atoms with Crippen molar-refractivity contribution < 1.29 is 14.6 Å². The zero-order valence-corrected chi connectivity index (χ0v) is 14.3. The van der Waals surface area contributed by atoms with Gasteiger partial charge in [-0.25, -0.2) is 4.79 Å². The highest BCUT2D eigenvalue weighted by molar-refractivity contribution is 5.90. The topological polar surface area (TPSA) is 46.5 Å². The van der Waals surface area contributed by atoms with E-state index in [9.17, 15) is 9.90 Å². The Hall–Kier alpha value is -1.61. The van der Waals surface area contributed by atoms with Crippen LogP contribution in [-0.2, 0) is 4.74 Å². The van der Waals surface area contributed by atoms with Crippen molar-refractivity contribution >= 4 is 5.97 Å². The average molecular weight is 326 g/mol. The summed E-state index contributed by atoms with van der Waals surface area (Å²) in [6.45, 7) is 2.11. The quantitative estimate of drug-likeness (QED) is 0.666. The Bertz CT molecular complexity index is 657. The molecule has 0 amide bonds. The molecule has 1 aromatic rings. The molecule has 3 heteroatoms. The minimum absolute atomic E-state index is 0.193. The fourth-order valence-electron chi connectivity index (χ4n) is 4.88. The molecule has 0 spiro atoms. The van der Waals surface area contributed by atoms with Crippen LogP contribution < -0.4 is 0 Å². The van der Waals surface area contributed by atoms with E-state index in [1.54, 1.807) is 0 Å². The average Bonchev–Trinajstić information content (AvgIpc) is 3.31. The monoisotopic (exact) mass is 326 g/mol. The summed E-state index contributed by atoms with van der Waals surface area (Å²) in [4.78, 5) is 12.7. The third-order valence-corrected chi connectivity index (χ3v) is 6.42. The van der Waals surface area contributed by atoms with Crippen LogP contribution in [0.1, 0.15) is 67.3 Å². The number of carbonyl (C=O) groups excluding carboxylic acids is 1. The number of aliphatic hydroxyl groups is 1. The number of carbonyl (C=O) groups is 1. The fourth-order valence-corrected chi connectivity index (χ4v) is 4.88. The molecule has 3 nitrogen and oxygen atoms in total. The highest BCUT2D eigenvalue weighted by Gasteiger charge is 2.44. The molecule has 2 saturated carbocycles. The van der Waals surface area contributed by atoms with Gasteiger partial charge in [-0.3, -0.25) is 0 Å². The largest absolute Gasteiger partial charge is 0.455 e. The van der Waals surface area contributed by atoms with Crippen molar-refractivity contribution in [3.8, 4) is 0 Å². The maximum atomic E-state index is 12.7. The first-order chi connectivity index (χ1) is 11.6. The van der Waals surface area contributed by atoms with Crippen LogP contribution >= 0.6 is 0 Å². The molecule has 0 radical (unpaired) electrons. The molecule has 4 rings (SSSR count). The molecular formula is C21H26O3. The highest BCUT2D eigenvalue weighted by atomic mass is 16.6. The van der Waals surface area contributed by atoms with Crippen molar-refractivity contribution in [3.63, 3.8) is 0 Å². The summed E-state index contributed by atoms with van der Waals surface area (Å²) in [5.74, 6) is 0.588. The number of hydrogen-bond acceptors (Lipinski definition) is 3. The molecule has 3 aliphatic rings. The van der Waals surface area contributed by atoms with Gasteiger partial charge in [-0.05, 0) is 62.1 Å². The van der Waals surface area contributed by atoms with E-state index in [1.807, 2.05) is 18.2 Å². The maximum Gasteiger partial charge on any atom is 0.338 e. The third-order valence-electron chi connectivity index (χ3n) is 6.42. The van der Waals surface area contributed by atoms with Crippen LogP contribution in [0.3, 0.4) is 0 Å². The van der Waals surface area contributed by atoms with Gasteiger partial charge in [0.05, 0.1) is 11.7 Å². The molecule has 0 heterocycles. The fraction of sp³-hybridized carbons (Fsp3) is 0.571. The molecule has 0 aromatic heterocycles. The van der Waals surface area contributed by atoms with Gasteiger partial charge in [0.1, 0.15) is 5.60 Å². The lowest BCUT2D eigenvalue weighted by Gasteiger charge is -2.28. The Balaban J connectivity index is 1.53. The van der Waals surface area contributed by atoms with Crippen LogP contribution in [0.4, 0.5) is 0 Å². The van der Waals surface area contributed by atoms with Crippen molar-refractivity contribution in [1.82, 2.24) is 0 Å². The number of hydrogen-bond donors (Lipinski definition) is 1. The van der Waals surface area contributed by atoms with E-state index in [1.165, 1.54) is 0 Å². The predicted octanol–water partition coefficient (Wildman–Crippen LogP) is 4.22. The second-order valence-corrected chi connectivity index (χ2v) is 7.72. The second kappa shape index (κ2) is 6.03. The Kier molecular flexibility index (Phi) is 4.00. The van der Waals surface area contributed by atoms with Gasteiger partial charge < -0.3 is 9.84 Å². The van der Waals surface area contributed by atoms with Gasteiger partial charge in [0.2, 0.25) is 0 Å². The minimum Gasteiger partial charge on any atom is -0.455 e. The van der Waals surface area contributed by atoms with E-state index in [4.69, 9.17) is 4.74 Å². The summed E-state index contributed by atoms with van der Waals surface area (Å²) >= 11 is 0. The Labute approximate surface area is 143 Å². The van der Waals surface area contributed by atoms with Crippen molar-refractivity contribution in [3.05, 3.63) is 47.5 Å². The lowest BCUT2D eigenvalue weighted by Crippen LogP contribution is -2.31. The highest BCUT2D eigenvalue weighted by Crippen LogP contribution is 2.49. The van der Waals surface area contributed by atoms with Gasteiger partial charge in [0.15, 0.2) is 0 Å². The Morgan fingerprint density at radius 2 is 2.08 bits per heavy atom.